The number of nitrogen functional groups attached to an aromatic ring is 1. The number of aromatic nitrogens is 1. The van der Waals surface area contributed by atoms with Gasteiger partial charge in [0.1, 0.15) is 5.82 Å². The van der Waals surface area contributed by atoms with E-state index in [4.69, 9.17) is 16.0 Å². The van der Waals surface area contributed by atoms with E-state index in [-0.39, 0.29) is 18.2 Å². The van der Waals surface area contributed by atoms with Crippen LogP contribution in [0.4, 0.5) is 10.2 Å². The van der Waals surface area contributed by atoms with Gasteiger partial charge in [-0.25, -0.2) is 4.39 Å². The Morgan fingerprint density at radius 2 is 2.23 bits per heavy atom. The fourth-order valence-electron chi connectivity index (χ4n) is 1.18. The van der Waals surface area contributed by atoms with Gasteiger partial charge in [0.15, 0.2) is 11.4 Å². The van der Waals surface area contributed by atoms with E-state index in [1.807, 2.05) is 0 Å². The first-order chi connectivity index (χ1) is 6.22. The number of fused-ring (bicyclic) bond motifs is 1. The minimum atomic E-state index is -0.384. The van der Waals surface area contributed by atoms with Gasteiger partial charge in [0.2, 0.25) is 0 Å². The van der Waals surface area contributed by atoms with Gasteiger partial charge in [0, 0.05) is 12.1 Å². The maximum Gasteiger partial charge on any atom is 0.174 e. The lowest BCUT2D eigenvalue weighted by Crippen LogP contribution is -1.99. The molecule has 0 aliphatic carbocycles. The van der Waals surface area contributed by atoms with Crippen molar-refractivity contribution in [2.45, 2.75) is 6.54 Å². The number of rotatable bonds is 1. The zero-order valence-electron chi connectivity index (χ0n) is 6.75. The second kappa shape index (κ2) is 2.70. The molecule has 2 aromatic rings. The van der Waals surface area contributed by atoms with Crippen LogP contribution >= 0.6 is 0 Å². The van der Waals surface area contributed by atoms with Gasteiger partial charge in [0.25, 0.3) is 0 Å². The van der Waals surface area contributed by atoms with Crippen LogP contribution in [0.2, 0.25) is 0 Å². The van der Waals surface area contributed by atoms with Crippen LogP contribution in [-0.2, 0) is 6.54 Å². The number of hydrogen-bond donors (Lipinski definition) is 2. The molecule has 0 spiro atoms. The van der Waals surface area contributed by atoms with Crippen molar-refractivity contribution >= 4 is 16.8 Å². The van der Waals surface area contributed by atoms with Crippen LogP contribution in [0.25, 0.3) is 11.0 Å². The molecular formula is C8H8FN3O. The average molecular weight is 181 g/mol. The molecule has 13 heavy (non-hydrogen) atoms. The highest BCUT2D eigenvalue weighted by molar-refractivity contribution is 5.87. The Balaban J connectivity index is 2.76. The predicted octanol–water partition coefficient (Wildman–Crippen LogP) is 1.01. The molecule has 0 saturated carbocycles. The summed E-state index contributed by atoms with van der Waals surface area (Å²) < 4.78 is 18.0. The van der Waals surface area contributed by atoms with Crippen molar-refractivity contribution in [1.82, 2.24) is 5.16 Å². The summed E-state index contributed by atoms with van der Waals surface area (Å²) >= 11 is 0. The Morgan fingerprint density at radius 1 is 1.46 bits per heavy atom. The largest absolute Gasteiger partial charge is 0.380 e. The van der Waals surface area contributed by atoms with Gasteiger partial charge >= 0.3 is 0 Å². The number of benzene rings is 1. The van der Waals surface area contributed by atoms with Crippen LogP contribution in [0, 0.1) is 5.82 Å². The molecule has 1 heterocycles. The van der Waals surface area contributed by atoms with Gasteiger partial charge < -0.3 is 16.0 Å². The lowest BCUT2D eigenvalue weighted by molar-refractivity contribution is 0.460. The lowest BCUT2D eigenvalue weighted by Gasteiger charge is -1.97. The second-order valence-corrected chi connectivity index (χ2v) is 2.71. The van der Waals surface area contributed by atoms with E-state index in [0.717, 1.165) is 0 Å². The van der Waals surface area contributed by atoms with Crippen LogP contribution < -0.4 is 11.5 Å². The van der Waals surface area contributed by atoms with Gasteiger partial charge in [-0.1, -0.05) is 5.16 Å². The molecule has 0 aliphatic rings. The molecule has 4 N–H and O–H groups in total. The molecule has 5 heteroatoms. The summed E-state index contributed by atoms with van der Waals surface area (Å²) in [6, 6.07) is 2.79. The van der Waals surface area contributed by atoms with E-state index >= 15 is 0 Å². The molecule has 0 unspecified atom stereocenters. The highest BCUT2D eigenvalue weighted by Gasteiger charge is 2.09. The molecule has 0 atom stereocenters. The molecular weight excluding hydrogens is 173 g/mol. The molecule has 68 valence electrons. The molecule has 0 fully saturated rings. The lowest BCUT2D eigenvalue weighted by atomic mass is 10.1. The number of hydrogen-bond acceptors (Lipinski definition) is 4. The zero-order chi connectivity index (χ0) is 9.42. The predicted molar refractivity (Wildman–Crippen MR) is 46.3 cm³/mol. The van der Waals surface area contributed by atoms with Gasteiger partial charge in [0.05, 0.1) is 5.39 Å². The van der Waals surface area contributed by atoms with Crippen molar-refractivity contribution in [2.24, 2.45) is 5.73 Å². The Bertz CT molecular complexity index is 452. The van der Waals surface area contributed by atoms with Crippen LogP contribution in [-0.4, -0.2) is 5.16 Å². The normalized spacial score (nSPS) is 10.9. The van der Waals surface area contributed by atoms with E-state index in [1.165, 1.54) is 12.1 Å². The molecule has 0 aliphatic heterocycles. The third kappa shape index (κ3) is 1.13. The van der Waals surface area contributed by atoms with Crippen LogP contribution in [0.3, 0.4) is 0 Å². The van der Waals surface area contributed by atoms with Crippen molar-refractivity contribution in [3.8, 4) is 0 Å². The third-order valence-electron chi connectivity index (χ3n) is 1.89. The Morgan fingerprint density at radius 3 is 2.92 bits per heavy atom. The Kier molecular flexibility index (Phi) is 1.66. The molecule has 1 aromatic heterocycles. The van der Waals surface area contributed by atoms with Gasteiger partial charge in [-0.3, -0.25) is 0 Å². The van der Waals surface area contributed by atoms with Crippen molar-refractivity contribution in [1.29, 1.82) is 0 Å². The maximum absolute atomic E-state index is 13.2. The number of nitrogens with two attached hydrogens (primary N) is 2. The van der Waals surface area contributed by atoms with Crippen LogP contribution in [0.15, 0.2) is 16.7 Å². The Labute approximate surface area is 73.3 Å². The van der Waals surface area contributed by atoms with Gasteiger partial charge in [-0.05, 0) is 12.1 Å². The first-order valence-electron chi connectivity index (χ1n) is 3.75. The summed E-state index contributed by atoms with van der Waals surface area (Å²) in [6.07, 6.45) is 0. The molecule has 0 saturated heterocycles. The van der Waals surface area contributed by atoms with Crippen LogP contribution in [0.5, 0.6) is 0 Å². The van der Waals surface area contributed by atoms with Gasteiger partial charge in [-0.15, -0.1) is 0 Å². The smallest absolute Gasteiger partial charge is 0.174 e. The topological polar surface area (TPSA) is 78.1 Å². The summed E-state index contributed by atoms with van der Waals surface area (Å²) in [5.41, 5.74) is 11.6. The fourth-order valence-corrected chi connectivity index (χ4v) is 1.18. The molecule has 0 radical (unpaired) electrons. The Hall–Kier alpha value is -1.62. The van der Waals surface area contributed by atoms with E-state index in [9.17, 15) is 4.39 Å². The van der Waals surface area contributed by atoms with Crippen molar-refractivity contribution < 1.29 is 8.91 Å². The molecule has 0 amide bonds. The van der Waals surface area contributed by atoms with Gasteiger partial charge in [-0.2, -0.15) is 0 Å². The first kappa shape index (κ1) is 8.00. The average Bonchev–Trinajstić information content (AvgIpc) is 2.47. The van der Waals surface area contributed by atoms with E-state index in [0.29, 0.717) is 16.5 Å². The molecule has 2 rings (SSSR count). The number of anilines is 1. The van der Waals surface area contributed by atoms with Crippen molar-refractivity contribution in [2.75, 3.05) is 5.73 Å². The zero-order valence-corrected chi connectivity index (χ0v) is 6.75. The van der Waals surface area contributed by atoms with Crippen molar-refractivity contribution in [3.05, 3.63) is 23.5 Å². The fraction of sp³-hybridized carbons (Fsp3) is 0.125. The summed E-state index contributed by atoms with van der Waals surface area (Å²) in [6.45, 7) is 0.127. The minimum absolute atomic E-state index is 0.127. The summed E-state index contributed by atoms with van der Waals surface area (Å²) in [5.74, 6) is -0.192. The standard InChI is InChI=1S/C8H8FN3O/c9-6-2-5-7(1-4(6)3-10)13-12-8(5)11/h1-2H,3,10H2,(H2,11,12). The third-order valence-corrected chi connectivity index (χ3v) is 1.89. The van der Waals surface area contributed by atoms with Crippen LogP contribution in [0.1, 0.15) is 5.56 Å². The highest BCUT2D eigenvalue weighted by Crippen LogP contribution is 2.23. The SMILES string of the molecule is NCc1cc2onc(N)c2cc1F. The second-order valence-electron chi connectivity index (χ2n) is 2.71. The summed E-state index contributed by atoms with van der Waals surface area (Å²) in [5, 5.41) is 3.99. The molecule has 4 nitrogen and oxygen atoms in total. The van der Waals surface area contributed by atoms with Crippen molar-refractivity contribution in [3.63, 3.8) is 0 Å². The summed E-state index contributed by atoms with van der Waals surface area (Å²) in [4.78, 5) is 0. The monoisotopic (exact) mass is 181 g/mol. The minimum Gasteiger partial charge on any atom is -0.380 e. The highest BCUT2D eigenvalue weighted by atomic mass is 19.1. The van der Waals surface area contributed by atoms with E-state index in [2.05, 4.69) is 5.16 Å². The number of nitrogens with zero attached hydrogens (tertiary/aromatic N) is 1. The first-order valence-corrected chi connectivity index (χ1v) is 3.75. The summed E-state index contributed by atoms with van der Waals surface area (Å²) in [7, 11) is 0. The molecule has 0 bridgehead atoms. The van der Waals surface area contributed by atoms with E-state index < -0.39 is 0 Å². The van der Waals surface area contributed by atoms with E-state index in [1.54, 1.807) is 0 Å². The maximum atomic E-state index is 13.2. The molecule has 1 aromatic carbocycles. The number of halogens is 1. The quantitative estimate of drug-likeness (QED) is 0.688.